The highest BCUT2D eigenvalue weighted by Crippen LogP contribution is 2.25. The Balaban J connectivity index is 2.30. The molecule has 1 heteroatoms. The normalized spacial score (nSPS) is 11.9. The molecule has 1 nitrogen and oxygen atoms in total. The maximum Gasteiger partial charge on any atom is 0.108 e. The Labute approximate surface area is 102 Å². The van der Waals surface area contributed by atoms with E-state index < -0.39 is 0 Å². The fraction of sp³-hybridized carbons (Fsp3) is 0.250. The third-order valence-corrected chi connectivity index (χ3v) is 2.84. The van der Waals surface area contributed by atoms with Crippen LogP contribution in [-0.2, 0) is 4.74 Å². The topological polar surface area (TPSA) is 9.23 Å². The van der Waals surface area contributed by atoms with Gasteiger partial charge in [-0.3, -0.25) is 0 Å². The summed E-state index contributed by atoms with van der Waals surface area (Å²) in [5.41, 5.74) is 1.22. The van der Waals surface area contributed by atoms with E-state index in [4.69, 9.17) is 4.74 Å². The van der Waals surface area contributed by atoms with Gasteiger partial charge >= 0.3 is 0 Å². The van der Waals surface area contributed by atoms with Gasteiger partial charge in [0.25, 0.3) is 0 Å². The van der Waals surface area contributed by atoms with Crippen LogP contribution in [0.2, 0.25) is 0 Å². The zero-order valence-corrected chi connectivity index (χ0v) is 10.2. The largest absolute Gasteiger partial charge is 0.361 e. The second kappa shape index (κ2) is 5.52. The van der Waals surface area contributed by atoms with Gasteiger partial charge in [0.1, 0.15) is 6.61 Å². The third-order valence-electron chi connectivity index (χ3n) is 2.84. The summed E-state index contributed by atoms with van der Waals surface area (Å²) < 4.78 is 5.70. The maximum absolute atomic E-state index is 5.70. The summed E-state index contributed by atoms with van der Waals surface area (Å²) in [6, 6.07) is 14.7. The van der Waals surface area contributed by atoms with Gasteiger partial charge < -0.3 is 4.74 Å². The van der Waals surface area contributed by atoms with E-state index in [1.807, 2.05) is 6.92 Å². The minimum atomic E-state index is 0.0712. The van der Waals surface area contributed by atoms with Gasteiger partial charge in [0, 0.05) is 0 Å². The number of hydrogen-bond donors (Lipinski definition) is 0. The lowest BCUT2D eigenvalue weighted by molar-refractivity contribution is 0.0937. The van der Waals surface area contributed by atoms with Crippen LogP contribution in [0.5, 0.6) is 0 Å². The van der Waals surface area contributed by atoms with E-state index in [0.29, 0.717) is 6.61 Å². The van der Waals surface area contributed by atoms with Crippen LogP contribution in [0.1, 0.15) is 25.5 Å². The molecule has 0 heterocycles. The first-order valence-electron chi connectivity index (χ1n) is 5.82. The van der Waals surface area contributed by atoms with Crippen molar-refractivity contribution in [1.82, 2.24) is 0 Å². The van der Waals surface area contributed by atoms with E-state index in [1.54, 1.807) is 0 Å². The molecule has 0 radical (unpaired) electrons. The Bertz CT molecular complexity index is 555. The summed E-state index contributed by atoms with van der Waals surface area (Å²) in [7, 11) is 0. The molecule has 0 aliphatic carbocycles. The molecule has 0 amide bonds. The maximum atomic E-state index is 5.70. The fourth-order valence-electron chi connectivity index (χ4n) is 1.93. The van der Waals surface area contributed by atoms with Crippen LogP contribution in [0.4, 0.5) is 0 Å². The molecule has 0 spiro atoms. The summed E-state index contributed by atoms with van der Waals surface area (Å²) >= 11 is 0. The summed E-state index contributed by atoms with van der Waals surface area (Å²) in [6.45, 7) is 4.38. The molecule has 0 saturated heterocycles. The quantitative estimate of drug-likeness (QED) is 0.717. The van der Waals surface area contributed by atoms with Gasteiger partial charge in [-0.25, -0.2) is 0 Å². The second-order valence-corrected chi connectivity index (χ2v) is 3.95. The second-order valence-electron chi connectivity index (χ2n) is 3.95. The van der Waals surface area contributed by atoms with Gasteiger partial charge in [-0.15, -0.1) is 5.92 Å². The number of benzene rings is 2. The lowest BCUT2D eigenvalue weighted by atomic mass is 10.0. The summed E-state index contributed by atoms with van der Waals surface area (Å²) in [5, 5.41) is 2.51. The van der Waals surface area contributed by atoms with Crippen LogP contribution in [-0.4, -0.2) is 6.61 Å². The van der Waals surface area contributed by atoms with Gasteiger partial charge in [0.2, 0.25) is 0 Å². The smallest absolute Gasteiger partial charge is 0.108 e. The van der Waals surface area contributed by atoms with Crippen LogP contribution in [0.15, 0.2) is 42.5 Å². The molecular weight excluding hydrogens is 208 g/mol. The first-order valence-corrected chi connectivity index (χ1v) is 5.82. The molecule has 1 atom stereocenters. The van der Waals surface area contributed by atoms with Crippen molar-refractivity contribution in [3.63, 3.8) is 0 Å². The van der Waals surface area contributed by atoms with Crippen molar-refractivity contribution in [3.05, 3.63) is 48.0 Å². The number of ether oxygens (including phenoxy) is 1. The van der Waals surface area contributed by atoms with Crippen LogP contribution in [0, 0.1) is 11.8 Å². The molecule has 0 saturated carbocycles. The standard InChI is InChI=1S/C16H16O/c1-3-4-12-17-13(2)15-11-7-9-14-8-5-6-10-16(14)15/h5-11,13H,12H2,1-2H3. The SMILES string of the molecule is CC#CCOC(C)c1cccc2ccccc12. The van der Waals surface area contributed by atoms with Gasteiger partial charge in [0.05, 0.1) is 6.10 Å². The molecule has 0 fully saturated rings. The predicted molar refractivity (Wildman–Crippen MR) is 71.8 cm³/mol. The minimum Gasteiger partial charge on any atom is -0.361 e. The lowest BCUT2D eigenvalue weighted by Crippen LogP contribution is -2.01. The molecule has 2 aromatic rings. The number of fused-ring (bicyclic) bond motifs is 1. The average Bonchev–Trinajstić information content (AvgIpc) is 2.38. The predicted octanol–water partition coefficient (Wildman–Crippen LogP) is 3.94. The highest BCUT2D eigenvalue weighted by Gasteiger charge is 2.08. The summed E-state index contributed by atoms with van der Waals surface area (Å²) in [4.78, 5) is 0. The van der Waals surface area contributed by atoms with Gasteiger partial charge in [-0.2, -0.15) is 0 Å². The van der Waals surface area contributed by atoms with Crippen molar-refractivity contribution < 1.29 is 4.74 Å². The molecule has 2 aromatic carbocycles. The number of rotatable bonds is 3. The fourth-order valence-corrected chi connectivity index (χ4v) is 1.93. The molecule has 0 bridgehead atoms. The van der Waals surface area contributed by atoms with E-state index in [9.17, 15) is 0 Å². The van der Waals surface area contributed by atoms with E-state index in [-0.39, 0.29) is 6.10 Å². The highest BCUT2D eigenvalue weighted by molar-refractivity contribution is 5.85. The van der Waals surface area contributed by atoms with E-state index >= 15 is 0 Å². The van der Waals surface area contributed by atoms with E-state index in [0.717, 1.165) is 0 Å². The van der Waals surface area contributed by atoms with Crippen molar-refractivity contribution >= 4 is 10.8 Å². The highest BCUT2D eigenvalue weighted by atomic mass is 16.5. The van der Waals surface area contributed by atoms with Crippen molar-refractivity contribution in [2.24, 2.45) is 0 Å². The summed E-state index contributed by atoms with van der Waals surface area (Å²) in [5.74, 6) is 5.76. The van der Waals surface area contributed by atoms with Crippen LogP contribution in [0.3, 0.4) is 0 Å². The summed E-state index contributed by atoms with van der Waals surface area (Å²) in [6.07, 6.45) is 0.0712. The molecule has 0 N–H and O–H groups in total. The third kappa shape index (κ3) is 2.67. The molecule has 0 aliphatic heterocycles. The Kier molecular flexibility index (Phi) is 3.80. The monoisotopic (exact) mass is 224 g/mol. The molecular formula is C16H16O. The molecule has 2 rings (SSSR count). The van der Waals surface area contributed by atoms with Gasteiger partial charge in [-0.05, 0) is 30.2 Å². The zero-order valence-electron chi connectivity index (χ0n) is 10.2. The van der Waals surface area contributed by atoms with Crippen LogP contribution in [0.25, 0.3) is 10.8 Å². The zero-order chi connectivity index (χ0) is 12.1. The van der Waals surface area contributed by atoms with Crippen molar-refractivity contribution in [2.75, 3.05) is 6.61 Å². The van der Waals surface area contributed by atoms with Gasteiger partial charge in [-0.1, -0.05) is 48.4 Å². The van der Waals surface area contributed by atoms with Crippen LogP contribution >= 0.6 is 0 Å². The Morgan fingerprint density at radius 2 is 1.88 bits per heavy atom. The Hall–Kier alpha value is -1.78. The number of hydrogen-bond acceptors (Lipinski definition) is 1. The van der Waals surface area contributed by atoms with Crippen molar-refractivity contribution in [2.45, 2.75) is 20.0 Å². The van der Waals surface area contributed by atoms with Crippen molar-refractivity contribution in [1.29, 1.82) is 0 Å². The first-order chi connectivity index (χ1) is 8.33. The molecule has 17 heavy (non-hydrogen) atoms. The van der Waals surface area contributed by atoms with E-state index in [2.05, 4.69) is 61.2 Å². The average molecular weight is 224 g/mol. The molecule has 1 unspecified atom stereocenters. The lowest BCUT2D eigenvalue weighted by Gasteiger charge is -2.14. The molecule has 86 valence electrons. The van der Waals surface area contributed by atoms with Gasteiger partial charge in [0.15, 0.2) is 0 Å². The molecule has 0 aliphatic rings. The van der Waals surface area contributed by atoms with Crippen molar-refractivity contribution in [3.8, 4) is 11.8 Å². The minimum absolute atomic E-state index is 0.0712. The Morgan fingerprint density at radius 1 is 1.12 bits per heavy atom. The van der Waals surface area contributed by atoms with E-state index in [1.165, 1.54) is 16.3 Å². The first kappa shape index (κ1) is 11.7. The molecule has 0 aromatic heterocycles. The van der Waals surface area contributed by atoms with Crippen LogP contribution < -0.4 is 0 Å². The Morgan fingerprint density at radius 3 is 2.71 bits per heavy atom.